The van der Waals surface area contributed by atoms with E-state index in [9.17, 15) is 8.42 Å². The first-order valence-corrected chi connectivity index (χ1v) is 8.20. The largest absolute Gasteiger partial charge is 0.397 e. The van der Waals surface area contributed by atoms with Crippen LogP contribution in [0.4, 0.5) is 11.4 Å². The second-order valence-electron chi connectivity index (χ2n) is 5.11. The van der Waals surface area contributed by atoms with Crippen molar-refractivity contribution in [2.75, 3.05) is 18.0 Å². The van der Waals surface area contributed by atoms with Gasteiger partial charge in [0.1, 0.15) is 0 Å². The van der Waals surface area contributed by atoms with E-state index in [2.05, 4.69) is 5.32 Å². The summed E-state index contributed by atoms with van der Waals surface area (Å²) in [5.41, 5.74) is 14.0. The summed E-state index contributed by atoms with van der Waals surface area (Å²) in [4.78, 5) is 0.548. The molecule has 2 aromatic rings. The first-order valence-electron chi connectivity index (χ1n) is 6.72. The van der Waals surface area contributed by atoms with Crippen LogP contribution in [0, 0.1) is 0 Å². The number of nitrogens with one attached hydrogen (secondary N) is 1. The highest BCUT2D eigenvalue weighted by Crippen LogP contribution is 2.30. The smallest absolute Gasteiger partial charge is 0.206 e. The van der Waals surface area contributed by atoms with E-state index < -0.39 is 9.84 Å². The van der Waals surface area contributed by atoms with Crippen molar-refractivity contribution in [2.45, 2.75) is 22.8 Å². The molecule has 0 fully saturated rings. The second kappa shape index (κ2) is 5.05. The zero-order chi connectivity index (χ0) is 15.0. The van der Waals surface area contributed by atoms with Crippen LogP contribution in [-0.4, -0.2) is 15.0 Å². The van der Waals surface area contributed by atoms with Crippen LogP contribution in [0.15, 0.2) is 46.2 Å². The third-order valence-corrected chi connectivity index (χ3v) is 5.59. The van der Waals surface area contributed by atoms with Gasteiger partial charge in [-0.15, -0.1) is 0 Å². The number of anilines is 2. The van der Waals surface area contributed by atoms with Gasteiger partial charge in [0.2, 0.25) is 9.84 Å². The molecule has 2 aromatic carbocycles. The van der Waals surface area contributed by atoms with E-state index in [1.54, 1.807) is 12.1 Å². The average molecular weight is 303 g/mol. The molecule has 6 heteroatoms. The van der Waals surface area contributed by atoms with Gasteiger partial charge in [0, 0.05) is 6.54 Å². The summed E-state index contributed by atoms with van der Waals surface area (Å²) in [7, 11) is -3.58. The molecule has 1 heterocycles. The lowest BCUT2D eigenvalue weighted by Crippen LogP contribution is -2.25. The zero-order valence-corrected chi connectivity index (χ0v) is 12.3. The fourth-order valence-corrected chi connectivity index (χ4v) is 4.19. The van der Waals surface area contributed by atoms with Crippen molar-refractivity contribution in [3.05, 3.63) is 47.5 Å². The minimum Gasteiger partial charge on any atom is -0.397 e. The molecule has 1 aliphatic heterocycles. The van der Waals surface area contributed by atoms with Crippen LogP contribution in [0.25, 0.3) is 0 Å². The Morgan fingerprint density at radius 1 is 1.05 bits per heavy atom. The number of nitrogens with two attached hydrogens (primary N) is 2. The maximum Gasteiger partial charge on any atom is 0.206 e. The first kappa shape index (κ1) is 13.9. The van der Waals surface area contributed by atoms with Gasteiger partial charge in [-0.25, -0.2) is 8.42 Å². The fraction of sp³-hybridized carbons (Fsp3) is 0.200. The maximum absolute atomic E-state index is 12.9. The van der Waals surface area contributed by atoms with Crippen LogP contribution >= 0.6 is 0 Å². The monoisotopic (exact) mass is 303 g/mol. The van der Waals surface area contributed by atoms with Crippen molar-refractivity contribution in [3.63, 3.8) is 0 Å². The van der Waals surface area contributed by atoms with Gasteiger partial charge in [-0.05, 0) is 48.4 Å². The van der Waals surface area contributed by atoms with E-state index in [1.807, 2.05) is 6.07 Å². The summed E-state index contributed by atoms with van der Waals surface area (Å²) in [6.07, 6.45) is 0.704. The Morgan fingerprint density at radius 2 is 1.86 bits per heavy atom. The van der Waals surface area contributed by atoms with E-state index in [-0.39, 0.29) is 10.6 Å². The quantitative estimate of drug-likeness (QED) is 0.727. The molecular weight excluding hydrogens is 286 g/mol. The second-order valence-corrected chi connectivity index (χ2v) is 7.03. The summed E-state index contributed by atoms with van der Waals surface area (Å²) in [5, 5.41) is 3.24. The van der Waals surface area contributed by atoms with Crippen molar-refractivity contribution in [3.8, 4) is 0 Å². The molecular formula is C15H17N3O2S. The lowest BCUT2D eigenvalue weighted by molar-refractivity contribution is 0.589. The molecule has 0 bridgehead atoms. The molecule has 0 saturated carbocycles. The summed E-state index contributed by atoms with van der Waals surface area (Å²) in [6, 6.07) is 9.84. The van der Waals surface area contributed by atoms with E-state index in [1.165, 1.54) is 18.2 Å². The number of hydrogen-bond donors (Lipinski definition) is 3. The van der Waals surface area contributed by atoms with E-state index in [0.717, 1.165) is 17.7 Å². The highest BCUT2D eigenvalue weighted by Gasteiger charge is 2.24. The Balaban J connectivity index is 2.16. The molecule has 0 radical (unpaired) electrons. The van der Waals surface area contributed by atoms with Gasteiger partial charge in [0.05, 0.1) is 21.2 Å². The fourth-order valence-electron chi connectivity index (χ4n) is 2.60. The Bertz CT molecular complexity index is 801. The van der Waals surface area contributed by atoms with Gasteiger partial charge in [0.25, 0.3) is 0 Å². The van der Waals surface area contributed by atoms with Crippen LogP contribution in [0.5, 0.6) is 0 Å². The highest BCUT2D eigenvalue weighted by atomic mass is 32.2. The van der Waals surface area contributed by atoms with Gasteiger partial charge in [-0.1, -0.05) is 12.1 Å². The number of benzene rings is 2. The highest BCUT2D eigenvalue weighted by molar-refractivity contribution is 7.91. The Hall–Kier alpha value is -2.05. The van der Waals surface area contributed by atoms with E-state index in [0.29, 0.717) is 23.5 Å². The topological polar surface area (TPSA) is 98.2 Å². The predicted octanol–water partition coefficient (Wildman–Crippen LogP) is 1.33. The summed E-state index contributed by atoms with van der Waals surface area (Å²) >= 11 is 0. The molecule has 5 nitrogen and oxygen atoms in total. The number of rotatable bonds is 2. The lowest BCUT2D eigenvalue weighted by atomic mass is 10.0. The van der Waals surface area contributed by atoms with Crippen LogP contribution in [0.2, 0.25) is 0 Å². The minimum absolute atomic E-state index is 0.182. The Labute approximate surface area is 123 Å². The number of hydrogen-bond acceptors (Lipinski definition) is 5. The molecule has 0 spiro atoms. The van der Waals surface area contributed by atoms with Gasteiger partial charge in [0.15, 0.2) is 0 Å². The van der Waals surface area contributed by atoms with Crippen LogP contribution in [0.1, 0.15) is 11.1 Å². The van der Waals surface area contributed by atoms with Crippen molar-refractivity contribution in [1.82, 2.24) is 5.32 Å². The molecule has 0 aromatic heterocycles. The number of sulfone groups is 1. The first-order chi connectivity index (χ1) is 10.00. The Morgan fingerprint density at radius 3 is 2.62 bits per heavy atom. The van der Waals surface area contributed by atoms with Gasteiger partial charge in [-0.3, -0.25) is 0 Å². The third kappa shape index (κ3) is 2.36. The van der Waals surface area contributed by atoms with Crippen molar-refractivity contribution in [1.29, 1.82) is 0 Å². The van der Waals surface area contributed by atoms with Crippen molar-refractivity contribution in [2.24, 2.45) is 0 Å². The normalized spacial score (nSPS) is 14.7. The SMILES string of the molecule is Nc1ccc(S(=O)(=O)c2cccc3c2CCNC3)cc1N. The molecule has 3 rings (SSSR count). The molecule has 0 atom stereocenters. The summed E-state index contributed by atoms with van der Waals surface area (Å²) in [5.74, 6) is 0. The van der Waals surface area contributed by atoms with Gasteiger partial charge >= 0.3 is 0 Å². The maximum atomic E-state index is 12.9. The molecule has 21 heavy (non-hydrogen) atoms. The molecule has 5 N–H and O–H groups in total. The molecule has 0 amide bonds. The molecule has 0 saturated heterocycles. The van der Waals surface area contributed by atoms with E-state index in [4.69, 9.17) is 11.5 Å². The van der Waals surface area contributed by atoms with Gasteiger partial charge in [-0.2, -0.15) is 0 Å². The van der Waals surface area contributed by atoms with Gasteiger partial charge < -0.3 is 16.8 Å². The standard InChI is InChI=1S/C15H17N3O2S/c16-13-5-4-11(8-14(13)17)21(19,20)15-3-1-2-10-9-18-7-6-12(10)15/h1-5,8,18H,6-7,9,16-17H2. The molecule has 110 valence electrons. The van der Waals surface area contributed by atoms with Crippen molar-refractivity contribution >= 4 is 21.2 Å². The summed E-state index contributed by atoms with van der Waals surface area (Å²) in [6.45, 7) is 1.48. The number of nitrogen functional groups attached to an aromatic ring is 2. The van der Waals surface area contributed by atoms with E-state index >= 15 is 0 Å². The predicted molar refractivity (Wildman–Crippen MR) is 82.6 cm³/mol. The number of fused-ring (bicyclic) bond motifs is 1. The average Bonchev–Trinajstić information content (AvgIpc) is 2.49. The van der Waals surface area contributed by atoms with Crippen molar-refractivity contribution < 1.29 is 8.42 Å². The van der Waals surface area contributed by atoms with Crippen LogP contribution in [0.3, 0.4) is 0 Å². The third-order valence-electron chi connectivity index (χ3n) is 3.76. The molecule has 0 unspecified atom stereocenters. The summed E-state index contributed by atoms with van der Waals surface area (Å²) < 4.78 is 25.7. The van der Waals surface area contributed by atoms with Crippen LogP contribution < -0.4 is 16.8 Å². The molecule has 1 aliphatic rings. The lowest BCUT2D eigenvalue weighted by Gasteiger charge is -2.20. The Kier molecular flexibility index (Phi) is 3.35. The molecule has 0 aliphatic carbocycles. The van der Waals surface area contributed by atoms with Crippen LogP contribution in [-0.2, 0) is 22.8 Å². The zero-order valence-electron chi connectivity index (χ0n) is 11.5. The minimum atomic E-state index is -3.58.